The summed E-state index contributed by atoms with van der Waals surface area (Å²) in [5, 5.41) is 4.86. The largest absolute Gasteiger partial charge is 0.497 e. The third kappa shape index (κ3) is 5.58. The highest BCUT2D eigenvalue weighted by Crippen LogP contribution is 2.26. The first-order valence-corrected chi connectivity index (χ1v) is 11.7. The molecule has 0 atom stereocenters. The van der Waals surface area contributed by atoms with Gasteiger partial charge in [-0.1, -0.05) is 53.7 Å². The maximum absolute atomic E-state index is 12.4. The van der Waals surface area contributed by atoms with Crippen molar-refractivity contribution in [2.24, 2.45) is 5.10 Å². The number of hydrazone groups is 1. The van der Waals surface area contributed by atoms with Gasteiger partial charge in [0.25, 0.3) is 5.91 Å². The van der Waals surface area contributed by atoms with E-state index in [4.69, 9.17) is 14.5 Å². The summed E-state index contributed by atoms with van der Waals surface area (Å²) in [6.07, 6.45) is 1.55. The second kappa shape index (κ2) is 10.9. The number of carbonyl (C=O) groups excluding carboxylic acids is 1. The van der Waals surface area contributed by atoms with Crippen LogP contribution in [-0.4, -0.2) is 41.6 Å². The average molecular weight is 475 g/mol. The van der Waals surface area contributed by atoms with Crippen LogP contribution in [0.5, 0.6) is 11.5 Å². The summed E-state index contributed by atoms with van der Waals surface area (Å²) in [5.41, 5.74) is 7.65. The number of fused-ring (bicyclic) bond motifs is 1. The molecule has 0 saturated carbocycles. The van der Waals surface area contributed by atoms with Gasteiger partial charge < -0.3 is 14.0 Å². The van der Waals surface area contributed by atoms with Gasteiger partial charge in [-0.05, 0) is 36.8 Å². The van der Waals surface area contributed by atoms with Gasteiger partial charge in [0.1, 0.15) is 11.5 Å². The molecule has 1 heterocycles. The molecule has 8 heteroatoms. The maximum Gasteiger partial charge on any atom is 0.250 e. The van der Waals surface area contributed by atoms with Crippen LogP contribution in [0.25, 0.3) is 11.0 Å². The summed E-state index contributed by atoms with van der Waals surface area (Å²) in [5.74, 6) is 1.26. The Bertz CT molecular complexity index is 1320. The zero-order chi connectivity index (χ0) is 23.9. The van der Waals surface area contributed by atoms with E-state index in [0.717, 1.165) is 21.8 Å². The van der Waals surface area contributed by atoms with Crippen LogP contribution in [0.4, 0.5) is 0 Å². The minimum atomic E-state index is -0.220. The molecule has 0 spiro atoms. The van der Waals surface area contributed by atoms with Crippen LogP contribution in [0.15, 0.2) is 77.0 Å². The number of hydrogen-bond donors (Lipinski definition) is 1. The number of aromatic nitrogens is 2. The van der Waals surface area contributed by atoms with E-state index >= 15 is 0 Å². The minimum absolute atomic E-state index is 0.189. The van der Waals surface area contributed by atoms with Crippen LogP contribution in [-0.2, 0) is 11.3 Å². The molecule has 1 N–H and O–H groups in total. The molecular weight excluding hydrogens is 448 g/mol. The third-order valence-corrected chi connectivity index (χ3v) is 6.22. The minimum Gasteiger partial charge on any atom is -0.497 e. The number of amides is 1. The lowest BCUT2D eigenvalue weighted by Gasteiger charge is -2.09. The molecule has 0 radical (unpaired) electrons. The van der Waals surface area contributed by atoms with Gasteiger partial charge in [-0.15, -0.1) is 0 Å². The quantitative estimate of drug-likeness (QED) is 0.217. The predicted octanol–water partition coefficient (Wildman–Crippen LogP) is 4.65. The molecule has 4 rings (SSSR count). The van der Waals surface area contributed by atoms with Gasteiger partial charge in [-0.3, -0.25) is 4.79 Å². The zero-order valence-electron chi connectivity index (χ0n) is 19.3. The van der Waals surface area contributed by atoms with Crippen LogP contribution in [0.1, 0.15) is 16.7 Å². The molecule has 0 aliphatic heterocycles. The van der Waals surface area contributed by atoms with Gasteiger partial charge in [0.05, 0.1) is 43.8 Å². The molecule has 0 bridgehead atoms. The number of benzene rings is 3. The molecule has 174 valence electrons. The van der Waals surface area contributed by atoms with Crippen LogP contribution in [0.3, 0.4) is 0 Å². The van der Waals surface area contributed by atoms with E-state index in [2.05, 4.69) is 46.3 Å². The Balaban J connectivity index is 1.43. The number of thioether (sulfide) groups is 1. The molecule has 0 aliphatic carbocycles. The van der Waals surface area contributed by atoms with Gasteiger partial charge in [0.15, 0.2) is 5.16 Å². The first-order valence-electron chi connectivity index (χ1n) is 10.7. The van der Waals surface area contributed by atoms with Gasteiger partial charge in [0, 0.05) is 11.6 Å². The summed E-state index contributed by atoms with van der Waals surface area (Å²) in [6.45, 7) is 2.75. The Morgan fingerprint density at radius 1 is 1.09 bits per heavy atom. The SMILES string of the molecule is COc1ccc(/C=N/NC(=O)CSc2nc3ccccc3n2Cc2ccc(C)cc2)c(OC)c1. The number of nitrogens with zero attached hydrogens (tertiary/aromatic N) is 3. The van der Waals surface area contributed by atoms with E-state index in [-0.39, 0.29) is 11.7 Å². The Kier molecular flexibility index (Phi) is 7.49. The lowest BCUT2D eigenvalue weighted by atomic mass is 10.1. The number of methoxy groups -OCH3 is 2. The van der Waals surface area contributed by atoms with Crippen molar-refractivity contribution < 1.29 is 14.3 Å². The molecule has 0 unspecified atom stereocenters. The summed E-state index contributed by atoms with van der Waals surface area (Å²) in [6, 6.07) is 21.8. The van der Waals surface area contributed by atoms with E-state index in [9.17, 15) is 4.79 Å². The van der Waals surface area contributed by atoms with E-state index in [1.54, 1.807) is 32.6 Å². The molecule has 0 fully saturated rings. The molecular formula is C26H26N4O3S. The van der Waals surface area contributed by atoms with Gasteiger partial charge in [0.2, 0.25) is 0 Å². The van der Waals surface area contributed by atoms with E-state index in [0.29, 0.717) is 18.0 Å². The molecule has 4 aromatic rings. The van der Waals surface area contributed by atoms with Crippen LogP contribution in [0, 0.1) is 6.92 Å². The standard InChI is InChI=1S/C26H26N4O3S/c1-18-8-10-19(11-9-18)16-30-23-7-5-4-6-22(23)28-26(30)34-17-25(31)29-27-15-20-12-13-21(32-2)14-24(20)33-3/h4-15H,16-17H2,1-3H3,(H,29,31)/b27-15+. The van der Waals surface area contributed by atoms with Crippen molar-refractivity contribution in [2.75, 3.05) is 20.0 Å². The maximum atomic E-state index is 12.4. The summed E-state index contributed by atoms with van der Waals surface area (Å²) < 4.78 is 12.7. The van der Waals surface area contributed by atoms with Gasteiger partial charge >= 0.3 is 0 Å². The van der Waals surface area contributed by atoms with Crippen molar-refractivity contribution in [3.05, 3.63) is 83.4 Å². The summed E-state index contributed by atoms with van der Waals surface area (Å²) >= 11 is 1.39. The molecule has 34 heavy (non-hydrogen) atoms. The summed E-state index contributed by atoms with van der Waals surface area (Å²) in [4.78, 5) is 17.2. The van der Waals surface area contributed by atoms with Crippen LogP contribution in [0.2, 0.25) is 0 Å². The molecule has 1 aromatic heterocycles. The first kappa shape index (κ1) is 23.4. The molecule has 7 nitrogen and oxygen atoms in total. The van der Waals surface area contributed by atoms with Crippen molar-refractivity contribution in [3.8, 4) is 11.5 Å². The second-order valence-corrected chi connectivity index (χ2v) is 8.59. The Morgan fingerprint density at radius 2 is 1.88 bits per heavy atom. The lowest BCUT2D eigenvalue weighted by Crippen LogP contribution is -2.20. The normalized spacial score (nSPS) is 11.1. The third-order valence-electron chi connectivity index (χ3n) is 5.25. The van der Waals surface area contributed by atoms with Gasteiger partial charge in [-0.2, -0.15) is 5.10 Å². The smallest absolute Gasteiger partial charge is 0.250 e. The molecule has 3 aromatic carbocycles. The fraction of sp³-hybridized carbons (Fsp3) is 0.192. The topological polar surface area (TPSA) is 77.7 Å². The fourth-order valence-electron chi connectivity index (χ4n) is 3.45. The van der Waals surface area contributed by atoms with Crippen molar-refractivity contribution in [1.29, 1.82) is 0 Å². The van der Waals surface area contributed by atoms with E-state index in [1.807, 2.05) is 30.3 Å². The first-order chi connectivity index (χ1) is 16.6. The number of hydrogen-bond acceptors (Lipinski definition) is 6. The summed E-state index contributed by atoms with van der Waals surface area (Å²) in [7, 11) is 3.17. The second-order valence-electron chi connectivity index (χ2n) is 7.64. The average Bonchev–Trinajstić information content (AvgIpc) is 3.21. The number of para-hydroxylation sites is 2. The number of aryl methyl sites for hydroxylation is 1. The van der Waals surface area contributed by atoms with E-state index in [1.165, 1.54) is 22.9 Å². The molecule has 0 aliphatic rings. The number of ether oxygens (including phenoxy) is 2. The van der Waals surface area contributed by atoms with Crippen LogP contribution < -0.4 is 14.9 Å². The highest BCUT2D eigenvalue weighted by atomic mass is 32.2. The van der Waals surface area contributed by atoms with Crippen molar-refractivity contribution >= 4 is 34.9 Å². The predicted molar refractivity (Wildman–Crippen MR) is 136 cm³/mol. The monoisotopic (exact) mass is 474 g/mol. The highest BCUT2D eigenvalue weighted by molar-refractivity contribution is 7.99. The van der Waals surface area contributed by atoms with Crippen molar-refractivity contribution in [1.82, 2.24) is 15.0 Å². The van der Waals surface area contributed by atoms with Crippen molar-refractivity contribution in [3.63, 3.8) is 0 Å². The Hall–Kier alpha value is -3.78. The number of imidazole rings is 1. The van der Waals surface area contributed by atoms with Gasteiger partial charge in [-0.25, -0.2) is 10.4 Å². The fourth-order valence-corrected chi connectivity index (χ4v) is 4.26. The molecule has 1 amide bonds. The number of nitrogens with one attached hydrogen (secondary N) is 1. The Labute approximate surface area is 202 Å². The van der Waals surface area contributed by atoms with Crippen LogP contribution >= 0.6 is 11.8 Å². The number of carbonyl (C=O) groups is 1. The zero-order valence-corrected chi connectivity index (χ0v) is 20.1. The number of rotatable bonds is 9. The lowest BCUT2D eigenvalue weighted by molar-refractivity contribution is -0.118. The molecule has 0 saturated heterocycles. The van der Waals surface area contributed by atoms with Crippen molar-refractivity contribution in [2.45, 2.75) is 18.6 Å². The van der Waals surface area contributed by atoms with E-state index < -0.39 is 0 Å². The Morgan fingerprint density at radius 3 is 2.65 bits per heavy atom. The highest BCUT2D eigenvalue weighted by Gasteiger charge is 2.13.